The Morgan fingerprint density at radius 3 is 2.16 bits per heavy atom. The molecule has 0 aliphatic heterocycles. The number of aryl methyl sites for hydroxylation is 1. The van der Waals surface area contributed by atoms with Gasteiger partial charge in [-0.05, 0) is 68.3 Å². The van der Waals surface area contributed by atoms with E-state index in [1.807, 2.05) is 6.92 Å². The van der Waals surface area contributed by atoms with Crippen molar-refractivity contribution in [3.63, 3.8) is 0 Å². The van der Waals surface area contributed by atoms with E-state index in [4.69, 9.17) is 23.2 Å². The number of sulfonamides is 1. The number of anilines is 1. The molecule has 202 valence electrons. The largest absolute Gasteiger partial charge is 0.355 e. The van der Waals surface area contributed by atoms with Crippen LogP contribution in [0.4, 0.5) is 5.69 Å². The van der Waals surface area contributed by atoms with Crippen LogP contribution in [0.3, 0.4) is 0 Å². The fourth-order valence-corrected chi connectivity index (χ4v) is 5.71. The Kier molecular flexibility index (Phi) is 10.2. The van der Waals surface area contributed by atoms with Gasteiger partial charge in [-0.2, -0.15) is 0 Å². The topological polar surface area (TPSA) is 86.8 Å². The van der Waals surface area contributed by atoms with Gasteiger partial charge >= 0.3 is 0 Å². The zero-order chi connectivity index (χ0) is 27.9. The molecule has 3 rings (SSSR count). The predicted octanol–water partition coefficient (Wildman–Crippen LogP) is 5.44. The van der Waals surface area contributed by atoms with E-state index in [0.717, 1.165) is 15.4 Å². The molecule has 0 aliphatic rings. The highest BCUT2D eigenvalue weighted by Crippen LogP contribution is 2.27. The molecule has 2 amide bonds. The third-order valence-corrected chi connectivity index (χ3v) is 8.26. The number of carbonyl (C=O) groups is 2. The monoisotopic (exact) mass is 575 g/mol. The summed E-state index contributed by atoms with van der Waals surface area (Å²) in [4.78, 5) is 28.3. The molecule has 38 heavy (non-hydrogen) atoms. The molecule has 0 aliphatic carbocycles. The molecule has 1 N–H and O–H groups in total. The summed E-state index contributed by atoms with van der Waals surface area (Å²) in [6.07, 6.45) is 0.340. The average Bonchev–Trinajstić information content (AvgIpc) is 2.88. The van der Waals surface area contributed by atoms with Crippen LogP contribution in [-0.4, -0.2) is 44.3 Å². The van der Waals surface area contributed by atoms with Crippen molar-refractivity contribution in [1.82, 2.24) is 10.2 Å². The van der Waals surface area contributed by atoms with E-state index in [-0.39, 0.29) is 23.0 Å². The highest BCUT2D eigenvalue weighted by Gasteiger charge is 2.33. The first-order valence-electron chi connectivity index (χ1n) is 12.2. The number of carbonyl (C=O) groups excluding carboxylic acids is 2. The molecular formula is C28H31Cl2N3O4S. The number of halogens is 2. The Labute approximate surface area is 234 Å². The Hall–Kier alpha value is -3.07. The summed E-state index contributed by atoms with van der Waals surface area (Å²) < 4.78 is 28.6. The van der Waals surface area contributed by atoms with Crippen molar-refractivity contribution in [2.24, 2.45) is 0 Å². The molecule has 0 unspecified atom stereocenters. The number of hydrogen-bond acceptors (Lipinski definition) is 4. The molecule has 0 heterocycles. The van der Waals surface area contributed by atoms with Crippen molar-refractivity contribution in [2.75, 3.05) is 17.4 Å². The van der Waals surface area contributed by atoms with E-state index in [9.17, 15) is 18.0 Å². The van der Waals surface area contributed by atoms with Crippen LogP contribution in [-0.2, 0) is 26.2 Å². The van der Waals surface area contributed by atoms with Crippen LogP contribution in [0.15, 0.2) is 77.7 Å². The van der Waals surface area contributed by atoms with Crippen LogP contribution in [0, 0.1) is 6.92 Å². The van der Waals surface area contributed by atoms with Crippen LogP contribution in [0.1, 0.15) is 31.4 Å². The predicted molar refractivity (Wildman–Crippen MR) is 152 cm³/mol. The molecule has 10 heteroatoms. The average molecular weight is 577 g/mol. The maximum atomic E-state index is 13.9. The number of amides is 2. The fourth-order valence-electron chi connectivity index (χ4n) is 4.00. The molecule has 7 nitrogen and oxygen atoms in total. The van der Waals surface area contributed by atoms with E-state index in [0.29, 0.717) is 23.0 Å². The van der Waals surface area contributed by atoms with Gasteiger partial charge in [-0.3, -0.25) is 13.9 Å². The lowest BCUT2D eigenvalue weighted by Crippen LogP contribution is -2.52. The molecule has 3 aromatic rings. The highest BCUT2D eigenvalue weighted by atomic mass is 35.5. The van der Waals surface area contributed by atoms with Gasteiger partial charge in [-0.1, -0.05) is 66.0 Å². The van der Waals surface area contributed by atoms with Gasteiger partial charge in [-0.15, -0.1) is 0 Å². The SMILES string of the molecule is CCNC(=O)[C@@H](CC)N(Cc1ccc(Cl)cc1)C(=O)CN(c1cccc(Cl)c1)S(=O)(=O)c1ccc(C)cc1. The maximum Gasteiger partial charge on any atom is 0.264 e. The normalized spacial score (nSPS) is 12.0. The number of rotatable bonds is 11. The Bertz CT molecular complexity index is 1360. The maximum absolute atomic E-state index is 13.9. The first-order valence-corrected chi connectivity index (χ1v) is 14.4. The molecule has 1 atom stereocenters. The standard InChI is InChI=1S/C28H31Cl2N3O4S/c1-4-26(28(35)31-5-2)32(18-21-11-13-22(29)14-12-21)27(34)19-33(24-8-6-7-23(30)17-24)38(36,37)25-15-9-20(3)10-16-25/h6-17,26H,4-5,18-19H2,1-3H3,(H,31,35)/t26-/m1/s1. The lowest BCUT2D eigenvalue weighted by molar-refractivity contribution is -0.140. The van der Waals surface area contributed by atoms with Crippen LogP contribution >= 0.6 is 23.2 Å². The minimum absolute atomic E-state index is 0.0379. The lowest BCUT2D eigenvalue weighted by atomic mass is 10.1. The quantitative estimate of drug-likeness (QED) is 0.330. The molecule has 0 aromatic heterocycles. The van der Waals surface area contributed by atoms with Gasteiger partial charge in [0.15, 0.2) is 0 Å². The molecule has 0 saturated carbocycles. The summed E-state index contributed by atoms with van der Waals surface area (Å²) in [5.74, 6) is -0.846. The van der Waals surface area contributed by atoms with Crippen LogP contribution in [0.2, 0.25) is 10.0 Å². The molecule has 0 bridgehead atoms. The van der Waals surface area contributed by atoms with Gasteiger partial charge in [0.2, 0.25) is 11.8 Å². The number of benzene rings is 3. The van der Waals surface area contributed by atoms with Crippen LogP contribution < -0.4 is 9.62 Å². The summed E-state index contributed by atoms with van der Waals surface area (Å²) >= 11 is 12.2. The van der Waals surface area contributed by atoms with Crippen molar-refractivity contribution in [2.45, 2.75) is 44.7 Å². The summed E-state index contributed by atoms with van der Waals surface area (Å²) in [7, 11) is -4.15. The molecule has 0 radical (unpaired) electrons. The van der Waals surface area contributed by atoms with Crippen molar-refractivity contribution in [3.8, 4) is 0 Å². The third kappa shape index (κ3) is 7.28. The second-order valence-corrected chi connectivity index (χ2v) is 11.5. The number of nitrogens with zero attached hydrogens (tertiary/aromatic N) is 2. The van der Waals surface area contributed by atoms with Gasteiger partial charge in [0, 0.05) is 23.1 Å². The summed E-state index contributed by atoms with van der Waals surface area (Å²) in [5.41, 5.74) is 1.89. The van der Waals surface area contributed by atoms with Gasteiger partial charge in [0.05, 0.1) is 10.6 Å². The fraction of sp³-hybridized carbons (Fsp3) is 0.286. The third-order valence-electron chi connectivity index (χ3n) is 5.99. The summed E-state index contributed by atoms with van der Waals surface area (Å²) in [6, 6.07) is 18.8. The molecular weight excluding hydrogens is 545 g/mol. The van der Waals surface area contributed by atoms with E-state index in [2.05, 4.69) is 5.32 Å². The summed E-state index contributed by atoms with van der Waals surface area (Å²) in [5, 5.41) is 3.64. The number of hydrogen-bond donors (Lipinski definition) is 1. The highest BCUT2D eigenvalue weighted by molar-refractivity contribution is 7.92. The lowest BCUT2D eigenvalue weighted by Gasteiger charge is -2.33. The second-order valence-electron chi connectivity index (χ2n) is 8.77. The van der Waals surface area contributed by atoms with Gasteiger partial charge in [0.25, 0.3) is 10.0 Å². The van der Waals surface area contributed by atoms with Crippen LogP contribution in [0.25, 0.3) is 0 Å². The summed E-state index contributed by atoms with van der Waals surface area (Å²) in [6.45, 7) is 5.43. The number of likely N-dealkylation sites (N-methyl/N-ethyl adjacent to an activating group) is 1. The zero-order valence-electron chi connectivity index (χ0n) is 21.5. The molecule has 0 spiro atoms. The Morgan fingerprint density at radius 2 is 1.58 bits per heavy atom. The van der Waals surface area contributed by atoms with Crippen molar-refractivity contribution < 1.29 is 18.0 Å². The Balaban J connectivity index is 2.05. The first-order chi connectivity index (χ1) is 18.1. The van der Waals surface area contributed by atoms with Gasteiger partial charge in [0.1, 0.15) is 12.6 Å². The molecule has 0 saturated heterocycles. The van der Waals surface area contributed by atoms with Gasteiger partial charge < -0.3 is 10.2 Å². The van der Waals surface area contributed by atoms with E-state index in [1.165, 1.54) is 23.1 Å². The smallest absolute Gasteiger partial charge is 0.264 e. The molecule has 0 fully saturated rings. The Morgan fingerprint density at radius 1 is 0.921 bits per heavy atom. The van der Waals surface area contributed by atoms with Crippen LogP contribution in [0.5, 0.6) is 0 Å². The van der Waals surface area contributed by atoms with Crippen molar-refractivity contribution in [3.05, 3.63) is 94.0 Å². The van der Waals surface area contributed by atoms with E-state index < -0.39 is 28.5 Å². The number of nitrogens with one attached hydrogen (secondary N) is 1. The van der Waals surface area contributed by atoms with Crippen molar-refractivity contribution in [1.29, 1.82) is 0 Å². The molecule has 3 aromatic carbocycles. The van der Waals surface area contributed by atoms with Gasteiger partial charge in [-0.25, -0.2) is 8.42 Å². The minimum Gasteiger partial charge on any atom is -0.355 e. The van der Waals surface area contributed by atoms with E-state index in [1.54, 1.807) is 68.4 Å². The zero-order valence-corrected chi connectivity index (χ0v) is 23.9. The second kappa shape index (κ2) is 13.1. The van der Waals surface area contributed by atoms with Crippen molar-refractivity contribution >= 4 is 50.7 Å². The van der Waals surface area contributed by atoms with E-state index >= 15 is 0 Å². The first kappa shape index (κ1) is 29.5. The minimum atomic E-state index is -4.15.